The van der Waals surface area contributed by atoms with E-state index in [4.69, 9.17) is 10.5 Å². The molecule has 0 heterocycles. The van der Waals surface area contributed by atoms with Gasteiger partial charge in [0.2, 0.25) is 5.91 Å². The Bertz CT molecular complexity index is 552. The fourth-order valence-electron chi connectivity index (χ4n) is 1.97. The highest BCUT2D eigenvalue weighted by molar-refractivity contribution is 5.88. The number of ether oxygens (including phenoxy) is 1. The Kier molecular flexibility index (Phi) is 7.33. The van der Waals surface area contributed by atoms with Crippen LogP contribution in [0.1, 0.15) is 41.5 Å². The average molecular weight is 331 g/mol. The van der Waals surface area contributed by atoms with Crippen LogP contribution in [0.3, 0.4) is 0 Å². The summed E-state index contributed by atoms with van der Waals surface area (Å²) in [4.78, 5) is 13.5. The van der Waals surface area contributed by atoms with Gasteiger partial charge in [-0.3, -0.25) is 4.79 Å². The van der Waals surface area contributed by atoms with Gasteiger partial charge in [0.05, 0.1) is 12.5 Å². The van der Waals surface area contributed by atoms with Crippen molar-refractivity contribution < 1.29 is 9.53 Å². The number of amides is 1. The van der Waals surface area contributed by atoms with Crippen molar-refractivity contribution in [2.75, 3.05) is 24.6 Å². The molecule has 0 aliphatic rings. The number of nitrogens with zero attached hydrogens (tertiary/aromatic N) is 1. The Labute approximate surface area is 146 Å². The van der Waals surface area contributed by atoms with Gasteiger partial charge in [0.1, 0.15) is 5.75 Å². The van der Waals surface area contributed by atoms with Crippen molar-refractivity contribution in [2.45, 2.75) is 41.5 Å². The van der Waals surface area contributed by atoms with Crippen molar-refractivity contribution >= 4 is 11.6 Å². The van der Waals surface area contributed by atoms with Crippen molar-refractivity contribution in [3.63, 3.8) is 0 Å². The van der Waals surface area contributed by atoms with Gasteiger partial charge in [0.25, 0.3) is 0 Å². The molecule has 1 aromatic carbocycles. The summed E-state index contributed by atoms with van der Waals surface area (Å²) >= 11 is 0. The minimum absolute atomic E-state index is 0.127. The molecular weight excluding hydrogens is 300 g/mol. The van der Waals surface area contributed by atoms with E-state index in [2.05, 4.69) is 45.6 Å². The maximum absolute atomic E-state index is 11.4. The van der Waals surface area contributed by atoms with Gasteiger partial charge in [-0.15, -0.1) is 0 Å². The van der Waals surface area contributed by atoms with Gasteiger partial charge in [0, 0.05) is 18.8 Å². The summed E-state index contributed by atoms with van der Waals surface area (Å²) in [5.41, 5.74) is 7.79. The monoisotopic (exact) mass is 331 g/mol. The number of hydrogen-bond donors (Lipinski definition) is 1. The van der Waals surface area contributed by atoms with Gasteiger partial charge >= 0.3 is 0 Å². The van der Waals surface area contributed by atoms with E-state index in [0.717, 1.165) is 18.0 Å². The van der Waals surface area contributed by atoms with E-state index in [1.54, 1.807) is 6.92 Å². The second-order valence-corrected chi connectivity index (χ2v) is 7.65. The molecule has 0 aliphatic carbocycles. The van der Waals surface area contributed by atoms with E-state index in [1.807, 2.05) is 24.3 Å². The van der Waals surface area contributed by atoms with E-state index < -0.39 is 0 Å². The first-order chi connectivity index (χ1) is 11.1. The van der Waals surface area contributed by atoms with Crippen LogP contribution in [-0.2, 0) is 4.79 Å². The highest BCUT2D eigenvalue weighted by atomic mass is 16.5. The zero-order valence-electron chi connectivity index (χ0n) is 15.8. The van der Waals surface area contributed by atoms with E-state index in [-0.39, 0.29) is 11.3 Å². The molecule has 0 spiro atoms. The fourth-order valence-corrected chi connectivity index (χ4v) is 1.97. The number of benzene rings is 1. The summed E-state index contributed by atoms with van der Waals surface area (Å²) in [6.07, 6.45) is 2.14. The Balaban J connectivity index is 2.85. The number of nitrogens with two attached hydrogens (primary N) is 1. The van der Waals surface area contributed by atoms with Crippen LogP contribution in [0.15, 0.2) is 35.9 Å². The van der Waals surface area contributed by atoms with Crippen LogP contribution in [0.5, 0.6) is 5.75 Å². The second-order valence-electron chi connectivity index (χ2n) is 7.65. The van der Waals surface area contributed by atoms with Crippen LogP contribution in [0.4, 0.5) is 5.69 Å². The molecule has 4 heteroatoms. The summed E-state index contributed by atoms with van der Waals surface area (Å²) in [6.45, 7) is 14.2. The van der Waals surface area contributed by atoms with E-state index in [0.29, 0.717) is 19.1 Å². The standard InChI is InChI=1S/C20H31N2O2/c1-15(2)11-12-22(13-16(3)19(21)23)17-7-9-18(10-8-17)24-14-20(4,5)6/h7-11H,12-14H2,1-6H3,(H2,21,23). The largest absolute Gasteiger partial charge is 0.493 e. The molecule has 1 aromatic rings. The number of allylic oxidation sites excluding steroid dienone is 1. The lowest BCUT2D eigenvalue weighted by Gasteiger charge is -2.26. The average Bonchev–Trinajstić information content (AvgIpc) is 2.48. The first-order valence-corrected chi connectivity index (χ1v) is 8.32. The molecule has 4 nitrogen and oxygen atoms in total. The number of carbonyl (C=O) groups excluding carboxylic acids is 1. The number of anilines is 1. The maximum Gasteiger partial charge on any atom is 0.226 e. The van der Waals surface area contributed by atoms with Gasteiger partial charge in [-0.1, -0.05) is 32.4 Å². The zero-order valence-corrected chi connectivity index (χ0v) is 15.8. The van der Waals surface area contributed by atoms with Crippen molar-refractivity contribution in [3.8, 4) is 5.75 Å². The highest BCUT2D eigenvalue weighted by Gasteiger charge is 2.16. The molecule has 24 heavy (non-hydrogen) atoms. The molecule has 1 amide bonds. The third kappa shape index (κ3) is 7.53. The molecule has 0 aromatic heterocycles. The predicted molar refractivity (Wildman–Crippen MR) is 101 cm³/mol. The first-order valence-electron chi connectivity index (χ1n) is 8.32. The normalized spacial score (nSPS) is 11.3. The minimum atomic E-state index is -0.359. The zero-order chi connectivity index (χ0) is 18.3. The van der Waals surface area contributed by atoms with Gasteiger partial charge in [-0.25, -0.2) is 0 Å². The highest BCUT2D eigenvalue weighted by Crippen LogP contribution is 2.23. The molecule has 0 aliphatic heterocycles. The third-order valence-electron chi connectivity index (χ3n) is 3.44. The van der Waals surface area contributed by atoms with Crippen LogP contribution in [-0.4, -0.2) is 25.6 Å². The number of hydrogen-bond acceptors (Lipinski definition) is 3. The Morgan fingerprint density at radius 3 is 2.21 bits per heavy atom. The number of primary amides is 1. The minimum Gasteiger partial charge on any atom is -0.493 e. The van der Waals surface area contributed by atoms with Crippen molar-refractivity contribution in [1.29, 1.82) is 0 Å². The Hall–Kier alpha value is -1.97. The quantitative estimate of drug-likeness (QED) is 0.734. The van der Waals surface area contributed by atoms with Gasteiger partial charge < -0.3 is 15.4 Å². The summed E-state index contributed by atoms with van der Waals surface area (Å²) in [6, 6.07) is 7.97. The smallest absolute Gasteiger partial charge is 0.226 e. The number of carbonyl (C=O) groups is 1. The van der Waals surface area contributed by atoms with Crippen LogP contribution >= 0.6 is 0 Å². The Morgan fingerprint density at radius 1 is 1.17 bits per heavy atom. The summed E-state index contributed by atoms with van der Waals surface area (Å²) in [5, 5.41) is 0. The van der Waals surface area contributed by atoms with E-state index in [9.17, 15) is 4.79 Å². The molecule has 2 N–H and O–H groups in total. The van der Waals surface area contributed by atoms with Gasteiger partial charge in [0.15, 0.2) is 0 Å². The SMILES string of the molecule is C[C](CN(CC=C(C)C)c1ccc(OCC(C)(C)C)cc1)C(N)=O. The van der Waals surface area contributed by atoms with Crippen molar-refractivity contribution in [1.82, 2.24) is 0 Å². The molecule has 1 radical (unpaired) electrons. The van der Waals surface area contributed by atoms with Crippen LogP contribution in [0.2, 0.25) is 0 Å². The van der Waals surface area contributed by atoms with E-state index >= 15 is 0 Å². The molecule has 0 bridgehead atoms. The maximum atomic E-state index is 11.4. The molecule has 0 saturated heterocycles. The summed E-state index contributed by atoms with van der Waals surface area (Å²) in [7, 11) is 0. The van der Waals surface area contributed by atoms with Crippen molar-refractivity contribution in [3.05, 3.63) is 41.8 Å². The van der Waals surface area contributed by atoms with Crippen LogP contribution in [0, 0.1) is 11.3 Å². The molecule has 0 unspecified atom stereocenters. The molecule has 0 fully saturated rings. The van der Waals surface area contributed by atoms with Gasteiger partial charge in [-0.05, 0) is 50.5 Å². The molecule has 1 rings (SSSR count). The fraction of sp³-hybridized carbons (Fsp3) is 0.500. The number of rotatable bonds is 8. The molecule has 0 atom stereocenters. The third-order valence-corrected chi connectivity index (χ3v) is 3.44. The Morgan fingerprint density at radius 2 is 1.75 bits per heavy atom. The lowest BCUT2D eigenvalue weighted by molar-refractivity contribution is -0.116. The first kappa shape index (κ1) is 20.1. The van der Waals surface area contributed by atoms with Gasteiger partial charge in [-0.2, -0.15) is 0 Å². The lowest BCUT2D eigenvalue weighted by Crippen LogP contribution is -2.33. The van der Waals surface area contributed by atoms with E-state index in [1.165, 1.54) is 5.57 Å². The second kappa shape index (κ2) is 8.76. The predicted octanol–water partition coefficient (Wildman–Crippen LogP) is 3.96. The van der Waals surface area contributed by atoms with Crippen LogP contribution < -0.4 is 15.4 Å². The topological polar surface area (TPSA) is 55.6 Å². The van der Waals surface area contributed by atoms with Crippen LogP contribution in [0.25, 0.3) is 0 Å². The summed E-state index contributed by atoms with van der Waals surface area (Å²) < 4.78 is 5.81. The lowest BCUT2D eigenvalue weighted by atomic mass is 9.99. The summed E-state index contributed by atoms with van der Waals surface area (Å²) in [5.74, 6) is 1.14. The molecular formula is C20H31N2O2. The molecule has 133 valence electrons. The molecule has 0 saturated carbocycles. The van der Waals surface area contributed by atoms with Crippen molar-refractivity contribution in [2.24, 2.45) is 11.1 Å².